The number of hydrogen-bond acceptors (Lipinski definition) is 6. The van der Waals surface area contributed by atoms with E-state index in [1.165, 1.54) is 6.33 Å². The fourth-order valence-corrected chi connectivity index (χ4v) is 5.69. The van der Waals surface area contributed by atoms with E-state index in [0.717, 1.165) is 36.9 Å². The minimum atomic E-state index is -0.434. The van der Waals surface area contributed by atoms with E-state index in [1.807, 2.05) is 13.8 Å². The molecule has 2 unspecified atom stereocenters. The van der Waals surface area contributed by atoms with Crippen molar-refractivity contribution in [1.29, 1.82) is 0 Å². The molecule has 1 aromatic carbocycles. The molecule has 2 bridgehead atoms. The lowest BCUT2D eigenvalue weighted by Gasteiger charge is -2.39. The second-order valence-electron chi connectivity index (χ2n) is 9.92. The van der Waals surface area contributed by atoms with Gasteiger partial charge in [-0.15, -0.1) is 0 Å². The molecule has 2 fully saturated rings. The smallest absolute Gasteiger partial charge is 0.373 e. The Bertz CT molecular complexity index is 1000. The average Bonchev–Trinajstić information content (AvgIpc) is 2.87. The lowest BCUT2D eigenvalue weighted by atomic mass is 9.65. The van der Waals surface area contributed by atoms with Gasteiger partial charge in [-0.3, -0.25) is 10.1 Å². The third kappa shape index (κ3) is 3.71. The van der Waals surface area contributed by atoms with Crippen molar-refractivity contribution in [2.24, 2.45) is 10.8 Å². The molecule has 2 heterocycles. The average molecular weight is 431 g/mol. The van der Waals surface area contributed by atoms with Gasteiger partial charge in [0.1, 0.15) is 12.1 Å². The molecule has 4 rings (SSSR count). The molecule has 1 saturated carbocycles. The van der Waals surface area contributed by atoms with Crippen molar-refractivity contribution in [2.45, 2.75) is 59.9 Å². The van der Waals surface area contributed by atoms with E-state index in [9.17, 15) is 10.1 Å². The summed E-state index contributed by atoms with van der Waals surface area (Å²) in [5.74, 6) is 0.770. The van der Waals surface area contributed by atoms with Crippen molar-refractivity contribution in [3.05, 3.63) is 44.7 Å². The first-order valence-electron chi connectivity index (χ1n) is 10.2. The lowest BCUT2D eigenvalue weighted by molar-refractivity contribution is -0.385. The summed E-state index contributed by atoms with van der Waals surface area (Å²) >= 11 is 6.24. The highest BCUT2D eigenvalue weighted by Crippen LogP contribution is 2.54. The van der Waals surface area contributed by atoms with Crippen molar-refractivity contribution in [1.82, 2.24) is 9.97 Å². The van der Waals surface area contributed by atoms with Gasteiger partial charge in [0.2, 0.25) is 5.82 Å². The predicted octanol–water partition coefficient (Wildman–Crippen LogP) is 5.85. The molecule has 2 aromatic rings. The van der Waals surface area contributed by atoms with E-state index in [-0.39, 0.29) is 28.4 Å². The maximum absolute atomic E-state index is 12.1. The first kappa shape index (κ1) is 20.8. The lowest BCUT2D eigenvalue weighted by Crippen LogP contribution is -2.35. The van der Waals surface area contributed by atoms with Crippen LogP contribution in [0.3, 0.4) is 0 Å². The van der Waals surface area contributed by atoms with Crippen LogP contribution in [0.25, 0.3) is 0 Å². The van der Waals surface area contributed by atoms with Gasteiger partial charge in [-0.2, -0.15) is 4.98 Å². The second-order valence-corrected chi connectivity index (χ2v) is 10.3. The van der Waals surface area contributed by atoms with E-state index in [2.05, 4.69) is 35.6 Å². The summed E-state index contributed by atoms with van der Waals surface area (Å²) in [5.41, 5.74) is 1.82. The third-order valence-electron chi connectivity index (χ3n) is 6.26. The molecule has 2 atom stereocenters. The Labute approximate surface area is 181 Å². The zero-order valence-corrected chi connectivity index (χ0v) is 18.8. The van der Waals surface area contributed by atoms with Crippen LogP contribution in [-0.2, 0) is 0 Å². The number of halogens is 1. The molecule has 1 aliphatic carbocycles. The molecule has 0 spiro atoms. The van der Waals surface area contributed by atoms with Crippen LogP contribution in [0.1, 0.15) is 51.2 Å². The Morgan fingerprint density at radius 1 is 1.20 bits per heavy atom. The summed E-state index contributed by atoms with van der Waals surface area (Å²) in [7, 11) is 0. The Hall–Kier alpha value is -2.41. The van der Waals surface area contributed by atoms with E-state index in [1.54, 1.807) is 12.1 Å². The van der Waals surface area contributed by atoms with Crippen LogP contribution in [0, 0.1) is 34.8 Å². The van der Waals surface area contributed by atoms with Gasteiger partial charge >= 0.3 is 11.6 Å². The zero-order chi connectivity index (χ0) is 21.8. The van der Waals surface area contributed by atoms with Gasteiger partial charge in [-0.25, -0.2) is 4.98 Å². The first-order chi connectivity index (χ1) is 14.0. The monoisotopic (exact) mass is 430 g/mol. The molecular formula is C22H27ClN4O3. The van der Waals surface area contributed by atoms with Gasteiger partial charge in [0, 0.05) is 17.6 Å². The minimum Gasteiger partial charge on any atom is -0.434 e. The third-order valence-corrected chi connectivity index (χ3v) is 6.86. The van der Waals surface area contributed by atoms with Gasteiger partial charge in [-0.1, -0.05) is 32.4 Å². The van der Waals surface area contributed by atoms with Crippen molar-refractivity contribution >= 4 is 23.1 Å². The highest BCUT2D eigenvalue weighted by atomic mass is 35.5. The molecule has 0 N–H and O–H groups in total. The van der Waals surface area contributed by atoms with Crippen LogP contribution in [0.4, 0.5) is 11.5 Å². The summed E-state index contributed by atoms with van der Waals surface area (Å²) < 4.78 is 5.89. The predicted molar refractivity (Wildman–Crippen MR) is 117 cm³/mol. The molecule has 1 saturated heterocycles. The first-order valence-corrected chi connectivity index (χ1v) is 10.6. The van der Waals surface area contributed by atoms with E-state index >= 15 is 0 Å². The number of aromatic nitrogens is 2. The minimum absolute atomic E-state index is 0.0445. The number of nitro groups is 1. The summed E-state index contributed by atoms with van der Waals surface area (Å²) in [6.07, 6.45) is 4.44. The van der Waals surface area contributed by atoms with Crippen LogP contribution in [0.2, 0.25) is 5.02 Å². The standard InChI is InChI=1S/C22H27ClN4O3/c1-13-6-16(7-14(2)17(13)23)30-20-18(27(28)29)19(24-12-25-20)26-11-22(5)9-15(26)8-21(3,4)10-22/h6-7,12,15H,8-11H2,1-5H3. The number of rotatable bonds is 4. The van der Waals surface area contributed by atoms with E-state index in [4.69, 9.17) is 16.3 Å². The number of anilines is 1. The van der Waals surface area contributed by atoms with Crippen molar-refractivity contribution in [3.63, 3.8) is 0 Å². The largest absolute Gasteiger partial charge is 0.434 e. The molecule has 0 radical (unpaired) electrons. The maximum Gasteiger partial charge on any atom is 0.373 e. The van der Waals surface area contributed by atoms with E-state index < -0.39 is 4.92 Å². The van der Waals surface area contributed by atoms with Crippen LogP contribution in [0.15, 0.2) is 18.5 Å². The highest BCUT2D eigenvalue weighted by molar-refractivity contribution is 6.32. The Morgan fingerprint density at radius 2 is 1.87 bits per heavy atom. The van der Waals surface area contributed by atoms with Crippen LogP contribution >= 0.6 is 11.6 Å². The molecule has 160 valence electrons. The highest BCUT2D eigenvalue weighted by Gasteiger charge is 2.51. The number of benzene rings is 1. The summed E-state index contributed by atoms with van der Waals surface area (Å²) in [6, 6.07) is 3.74. The summed E-state index contributed by atoms with van der Waals surface area (Å²) in [4.78, 5) is 22.2. The normalized spacial score (nSPS) is 24.7. The van der Waals surface area contributed by atoms with Gasteiger partial charge in [-0.05, 0) is 67.2 Å². The quantitative estimate of drug-likeness (QED) is 0.446. The van der Waals surface area contributed by atoms with Crippen LogP contribution in [-0.4, -0.2) is 27.5 Å². The molecule has 7 nitrogen and oxygen atoms in total. The number of fused-ring (bicyclic) bond motifs is 2. The SMILES string of the molecule is Cc1cc(Oc2ncnc(N3CC4(C)CC3CC(C)(C)C4)c2[N+](=O)[O-])cc(C)c1Cl. The number of nitrogens with zero attached hydrogens (tertiary/aromatic N) is 4. The van der Waals surface area contributed by atoms with Gasteiger partial charge in [0.15, 0.2) is 0 Å². The number of hydrogen-bond donors (Lipinski definition) is 0. The Balaban J connectivity index is 1.74. The van der Waals surface area contributed by atoms with Crippen molar-refractivity contribution < 1.29 is 9.66 Å². The molecule has 1 aliphatic heterocycles. The Morgan fingerprint density at radius 3 is 2.50 bits per heavy atom. The Kier molecular flexibility index (Phi) is 4.92. The fourth-order valence-electron chi connectivity index (χ4n) is 5.58. The summed E-state index contributed by atoms with van der Waals surface area (Å²) in [5, 5.41) is 12.7. The molecular weight excluding hydrogens is 404 g/mol. The number of ether oxygens (including phenoxy) is 1. The maximum atomic E-state index is 12.1. The molecule has 8 heteroatoms. The van der Waals surface area contributed by atoms with Gasteiger partial charge in [0.25, 0.3) is 0 Å². The molecule has 30 heavy (non-hydrogen) atoms. The zero-order valence-electron chi connectivity index (χ0n) is 18.0. The van der Waals surface area contributed by atoms with Crippen LogP contribution < -0.4 is 9.64 Å². The van der Waals surface area contributed by atoms with Gasteiger partial charge in [0.05, 0.1) is 4.92 Å². The van der Waals surface area contributed by atoms with Crippen LogP contribution in [0.5, 0.6) is 11.6 Å². The second kappa shape index (κ2) is 7.08. The topological polar surface area (TPSA) is 81.4 Å². The molecule has 0 amide bonds. The number of aryl methyl sites for hydroxylation is 2. The fraction of sp³-hybridized carbons (Fsp3) is 0.545. The van der Waals surface area contributed by atoms with E-state index in [0.29, 0.717) is 16.6 Å². The van der Waals surface area contributed by atoms with Crippen molar-refractivity contribution in [3.8, 4) is 11.6 Å². The summed E-state index contributed by atoms with van der Waals surface area (Å²) in [6.45, 7) is 11.3. The van der Waals surface area contributed by atoms with Gasteiger partial charge < -0.3 is 9.64 Å². The molecule has 1 aromatic heterocycles. The molecule has 2 aliphatic rings. The van der Waals surface area contributed by atoms with Crippen molar-refractivity contribution in [2.75, 3.05) is 11.4 Å².